The minimum Gasteiger partial charge on any atom is -0.354 e. The van der Waals surface area contributed by atoms with Crippen LogP contribution in [0.5, 0.6) is 0 Å². The number of nitrogens with one attached hydrogen (secondary N) is 1. The lowest BCUT2D eigenvalue weighted by Crippen LogP contribution is -2.44. The van der Waals surface area contributed by atoms with Crippen LogP contribution in [0.25, 0.3) is 0 Å². The Bertz CT molecular complexity index is 469. The number of amides is 1. The van der Waals surface area contributed by atoms with Crippen molar-refractivity contribution in [1.82, 2.24) is 15.2 Å². The van der Waals surface area contributed by atoms with Gasteiger partial charge in [-0.25, -0.2) is 4.98 Å². The number of pyridine rings is 1. The van der Waals surface area contributed by atoms with Gasteiger partial charge in [-0.3, -0.25) is 4.79 Å². The zero-order chi connectivity index (χ0) is 15.2. The van der Waals surface area contributed by atoms with Gasteiger partial charge in [-0.1, -0.05) is 0 Å². The van der Waals surface area contributed by atoms with E-state index in [9.17, 15) is 4.79 Å². The fourth-order valence-corrected chi connectivity index (χ4v) is 2.34. The third-order valence-corrected chi connectivity index (χ3v) is 3.63. The second-order valence-corrected chi connectivity index (χ2v) is 5.77. The Hall–Kier alpha value is -1.66. The predicted octanol–water partition coefficient (Wildman–Crippen LogP) is 0.187. The van der Waals surface area contributed by atoms with E-state index in [1.807, 2.05) is 13.0 Å². The smallest absolute Gasteiger partial charge is 0.221 e. The molecule has 1 fully saturated rings. The van der Waals surface area contributed by atoms with Crippen LogP contribution in [0.1, 0.15) is 18.9 Å². The lowest BCUT2D eigenvalue weighted by Gasteiger charge is -2.33. The van der Waals surface area contributed by atoms with E-state index < -0.39 is 0 Å². The lowest BCUT2D eigenvalue weighted by atomic mass is 10.2. The molecular formula is C15H25N5O. The molecule has 1 aliphatic rings. The number of aromatic nitrogens is 1. The fraction of sp³-hybridized carbons (Fsp3) is 0.600. The highest BCUT2D eigenvalue weighted by atomic mass is 16.1. The number of carbonyl (C=O) groups is 1. The summed E-state index contributed by atoms with van der Waals surface area (Å²) in [6.07, 6.45) is 2.16. The predicted molar refractivity (Wildman–Crippen MR) is 84.1 cm³/mol. The van der Waals surface area contributed by atoms with E-state index in [4.69, 9.17) is 5.73 Å². The maximum atomic E-state index is 11.6. The molecule has 1 aromatic rings. The standard InChI is InChI=1S/C15H25N5O/c1-12(16)9-15(21)18-11-13-3-4-17-14(10-13)20-7-5-19(2)6-8-20/h3-4,10,12H,5-9,11,16H2,1-2H3,(H,18,21). The average Bonchev–Trinajstić information content (AvgIpc) is 2.45. The van der Waals surface area contributed by atoms with Crippen molar-refractivity contribution in [2.45, 2.75) is 25.9 Å². The highest BCUT2D eigenvalue weighted by Crippen LogP contribution is 2.14. The molecule has 6 nitrogen and oxygen atoms in total. The van der Waals surface area contributed by atoms with Gasteiger partial charge in [0.1, 0.15) is 5.82 Å². The third kappa shape index (κ3) is 4.99. The van der Waals surface area contributed by atoms with Crippen molar-refractivity contribution in [2.24, 2.45) is 5.73 Å². The zero-order valence-corrected chi connectivity index (χ0v) is 12.9. The van der Waals surface area contributed by atoms with Crippen LogP contribution in [0.2, 0.25) is 0 Å². The molecule has 1 aliphatic heterocycles. The molecule has 0 aliphatic carbocycles. The molecule has 0 radical (unpaired) electrons. The molecule has 2 rings (SSSR count). The summed E-state index contributed by atoms with van der Waals surface area (Å²) in [6.45, 7) is 6.44. The maximum absolute atomic E-state index is 11.6. The van der Waals surface area contributed by atoms with Crippen LogP contribution in [0, 0.1) is 0 Å². The molecule has 21 heavy (non-hydrogen) atoms. The van der Waals surface area contributed by atoms with Gasteiger partial charge in [-0.2, -0.15) is 0 Å². The number of anilines is 1. The molecule has 0 bridgehead atoms. The van der Waals surface area contributed by atoms with Gasteiger partial charge in [0.05, 0.1) is 0 Å². The number of hydrogen-bond acceptors (Lipinski definition) is 5. The summed E-state index contributed by atoms with van der Waals surface area (Å²) in [6, 6.07) is 3.88. The molecule has 1 saturated heterocycles. The highest BCUT2D eigenvalue weighted by Gasteiger charge is 2.15. The van der Waals surface area contributed by atoms with Gasteiger partial charge in [0.25, 0.3) is 0 Å². The Balaban J connectivity index is 1.90. The van der Waals surface area contributed by atoms with Crippen molar-refractivity contribution in [1.29, 1.82) is 0 Å². The second-order valence-electron chi connectivity index (χ2n) is 5.77. The number of hydrogen-bond donors (Lipinski definition) is 2. The summed E-state index contributed by atoms with van der Waals surface area (Å²) in [5, 5.41) is 2.89. The normalized spacial score (nSPS) is 17.6. The summed E-state index contributed by atoms with van der Waals surface area (Å²) in [7, 11) is 2.13. The molecule has 3 N–H and O–H groups in total. The Labute approximate surface area is 126 Å². The van der Waals surface area contributed by atoms with Gasteiger partial charge in [-0.05, 0) is 31.7 Å². The molecule has 0 aromatic carbocycles. The van der Waals surface area contributed by atoms with Crippen LogP contribution in [0.3, 0.4) is 0 Å². The minimum atomic E-state index is -0.108. The first kappa shape index (κ1) is 15.7. The van der Waals surface area contributed by atoms with Crippen molar-refractivity contribution < 1.29 is 4.79 Å². The van der Waals surface area contributed by atoms with Crippen molar-refractivity contribution in [3.8, 4) is 0 Å². The van der Waals surface area contributed by atoms with E-state index in [0.717, 1.165) is 37.6 Å². The Morgan fingerprint density at radius 2 is 2.14 bits per heavy atom. The van der Waals surface area contributed by atoms with Crippen molar-refractivity contribution in [3.63, 3.8) is 0 Å². The monoisotopic (exact) mass is 291 g/mol. The van der Waals surface area contributed by atoms with E-state index in [0.29, 0.717) is 13.0 Å². The zero-order valence-electron chi connectivity index (χ0n) is 12.9. The van der Waals surface area contributed by atoms with E-state index in [1.165, 1.54) is 0 Å². The number of carbonyl (C=O) groups excluding carboxylic acids is 1. The molecule has 2 heterocycles. The fourth-order valence-electron chi connectivity index (χ4n) is 2.34. The molecule has 116 valence electrons. The number of likely N-dealkylation sites (N-methyl/N-ethyl adjacent to an activating group) is 1. The number of nitrogens with zero attached hydrogens (tertiary/aromatic N) is 3. The van der Waals surface area contributed by atoms with Gasteiger partial charge in [0.2, 0.25) is 5.91 Å². The van der Waals surface area contributed by atoms with Crippen molar-refractivity contribution in [2.75, 3.05) is 38.1 Å². The number of piperazine rings is 1. The van der Waals surface area contributed by atoms with E-state index in [-0.39, 0.29) is 11.9 Å². The quantitative estimate of drug-likeness (QED) is 0.810. The van der Waals surface area contributed by atoms with E-state index >= 15 is 0 Å². The maximum Gasteiger partial charge on any atom is 0.221 e. The van der Waals surface area contributed by atoms with E-state index in [1.54, 1.807) is 6.20 Å². The SMILES string of the molecule is CC(N)CC(=O)NCc1ccnc(N2CCN(C)CC2)c1. The van der Waals surface area contributed by atoms with Crippen LogP contribution >= 0.6 is 0 Å². The lowest BCUT2D eigenvalue weighted by molar-refractivity contribution is -0.121. The largest absolute Gasteiger partial charge is 0.354 e. The Morgan fingerprint density at radius 1 is 1.43 bits per heavy atom. The van der Waals surface area contributed by atoms with Crippen molar-refractivity contribution >= 4 is 11.7 Å². The molecular weight excluding hydrogens is 266 g/mol. The van der Waals surface area contributed by atoms with Crippen LogP contribution in [0.15, 0.2) is 18.3 Å². The molecule has 1 aromatic heterocycles. The number of rotatable bonds is 5. The third-order valence-electron chi connectivity index (χ3n) is 3.63. The van der Waals surface area contributed by atoms with Crippen LogP contribution in [-0.4, -0.2) is 55.1 Å². The van der Waals surface area contributed by atoms with Crippen LogP contribution in [0.4, 0.5) is 5.82 Å². The summed E-state index contributed by atoms with van der Waals surface area (Å²) >= 11 is 0. The summed E-state index contributed by atoms with van der Waals surface area (Å²) < 4.78 is 0. The second kappa shape index (κ2) is 7.38. The van der Waals surface area contributed by atoms with E-state index in [2.05, 4.69) is 33.2 Å². The van der Waals surface area contributed by atoms with Gasteiger partial charge in [0, 0.05) is 51.4 Å². The van der Waals surface area contributed by atoms with Gasteiger partial charge in [0.15, 0.2) is 0 Å². The average molecular weight is 291 g/mol. The first-order valence-corrected chi connectivity index (χ1v) is 7.45. The first-order chi connectivity index (χ1) is 10.0. The van der Waals surface area contributed by atoms with Crippen molar-refractivity contribution in [3.05, 3.63) is 23.9 Å². The molecule has 1 amide bonds. The Morgan fingerprint density at radius 3 is 2.81 bits per heavy atom. The Kier molecular flexibility index (Phi) is 5.52. The molecule has 1 unspecified atom stereocenters. The van der Waals surface area contributed by atoms with Gasteiger partial charge in [-0.15, -0.1) is 0 Å². The molecule has 0 spiro atoms. The summed E-state index contributed by atoms with van der Waals surface area (Å²) in [5.74, 6) is 0.977. The number of nitrogens with two attached hydrogens (primary N) is 1. The molecule has 0 saturated carbocycles. The first-order valence-electron chi connectivity index (χ1n) is 7.45. The highest BCUT2D eigenvalue weighted by molar-refractivity contribution is 5.76. The van der Waals surface area contributed by atoms with Gasteiger partial charge < -0.3 is 20.9 Å². The summed E-state index contributed by atoms with van der Waals surface area (Å²) in [4.78, 5) is 20.7. The topological polar surface area (TPSA) is 74.5 Å². The van der Waals surface area contributed by atoms with Crippen LogP contribution < -0.4 is 16.0 Å². The summed E-state index contributed by atoms with van der Waals surface area (Å²) in [5.41, 5.74) is 6.68. The van der Waals surface area contributed by atoms with Crippen LogP contribution in [-0.2, 0) is 11.3 Å². The molecule has 1 atom stereocenters. The van der Waals surface area contributed by atoms with Gasteiger partial charge >= 0.3 is 0 Å². The minimum absolute atomic E-state index is 0.0111. The molecule has 6 heteroatoms.